The first kappa shape index (κ1) is 17.6. The standard InChI is InChI=1S/C17H12ClFN4O3/c18-15-7-12(5-6-16(15)19)21-17(24)14-4-2-1-3-11(14)9-22-10-13(8-20-22)23(25)26/h1-8,10H,9H2,(H,21,24). The van der Waals surface area contributed by atoms with Crippen molar-refractivity contribution >= 4 is 28.9 Å². The van der Waals surface area contributed by atoms with Crippen molar-refractivity contribution in [3.05, 3.63) is 86.9 Å². The topological polar surface area (TPSA) is 90.1 Å². The number of carbonyl (C=O) groups is 1. The van der Waals surface area contributed by atoms with Gasteiger partial charge in [-0.2, -0.15) is 5.10 Å². The highest BCUT2D eigenvalue weighted by Gasteiger charge is 2.14. The number of nitrogens with one attached hydrogen (secondary N) is 1. The van der Waals surface area contributed by atoms with Crippen molar-refractivity contribution in [3.63, 3.8) is 0 Å². The molecule has 0 fully saturated rings. The van der Waals surface area contributed by atoms with Crippen LogP contribution in [0.5, 0.6) is 0 Å². The molecule has 0 bridgehead atoms. The SMILES string of the molecule is O=C(Nc1ccc(F)c(Cl)c1)c1ccccc1Cn1cc([N+](=O)[O-])cn1. The molecule has 0 saturated carbocycles. The number of amides is 1. The van der Waals surface area contributed by atoms with Gasteiger partial charge in [-0.1, -0.05) is 29.8 Å². The number of nitrogens with zero attached hydrogens (tertiary/aromatic N) is 3. The first-order chi connectivity index (χ1) is 12.4. The third kappa shape index (κ3) is 3.86. The molecule has 1 amide bonds. The summed E-state index contributed by atoms with van der Waals surface area (Å²) in [5, 5.41) is 17.2. The van der Waals surface area contributed by atoms with Crippen molar-refractivity contribution in [1.82, 2.24) is 9.78 Å². The lowest BCUT2D eigenvalue weighted by Crippen LogP contribution is -2.15. The molecule has 3 aromatic rings. The maximum absolute atomic E-state index is 13.2. The van der Waals surface area contributed by atoms with Crippen LogP contribution in [0.2, 0.25) is 5.02 Å². The molecule has 1 aromatic heterocycles. The van der Waals surface area contributed by atoms with Crippen molar-refractivity contribution in [2.45, 2.75) is 6.54 Å². The average molecular weight is 375 g/mol. The molecule has 0 aliphatic carbocycles. The van der Waals surface area contributed by atoms with E-state index < -0.39 is 16.6 Å². The van der Waals surface area contributed by atoms with E-state index in [2.05, 4.69) is 10.4 Å². The number of rotatable bonds is 5. The number of carbonyl (C=O) groups excluding carboxylic acids is 1. The molecule has 0 atom stereocenters. The van der Waals surface area contributed by atoms with E-state index in [0.29, 0.717) is 16.8 Å². The molecule has 0 aliphatic heterocycles. The van der Waals surface area contributed by atoms with Gasteiger partial charge in [-0.3, -0.25) is 19.6 Å². The second-order valence-corrected chi connectivity index (χ2v) is 5.80. The van der Waals surface area contributed by atoms with E-state index in [1.807, 2.05) is 0 Å². The van der Waals surface area contributed by atoms with E-state index >= 15 is 0 Å². The lowest BCUT2D eigenvalue weighted by Gasteiger charge is -2.10. The number of hydrogen-bond donors (Lipinski definition) is 1. The van der Waals surface area contributed by atoms with Crippen LogP contribution in [0, 0.1) is 15.9 Å². The van der Waals surface area contributed by atoms with Gasteiger partial charge in [0.25, 0.3) is 5.91 Å². The zero-order valence-corrected chi connectivity index (χ0v) is 14.0. The minimum atomic E-state index is -0.578. The van der Waals surface area contributed by atoms with Gasteiger partial charge >= 0.3 is 5.69 Å². The highest BCUT2D eigenvalue weighted by molar-refractivity contribution is 6.31. The van der Waals surface area contributed by atoms with Gasteiger partial charge in [-0.25, -0.2) is 4.39 Å². The number of benzene rings is 2. The molecule has 9 heteroatoms. The van der Waals surface area contributed by atoms with Crippen LogP contribution >= 0.6 is 11.6 Å². The van der Waals surface area contributed by atoms with Gasteiger partial charge in [0.1, 0.15) is 18.2 Å². The van der Waals surface area contributed by atoms with Gasteiger partial charge in [0.2, 0.25) is 0 Å². The highest BCUT2D eigenvalue weighted by atomic mass is 35.5. The Morgan fingerprint density at radius 3 is 2.77 bits per heavy atom. The molecule has 7 nitrogen and oxygen atoms in total. The molecule has 0 radical (unpaired) electrons. The monoisotopic (exact) mass is 374 g/mol. The van der Waals surface area contributed by atoms with Crippen LogP contribution in [0.1, 0.15) is 15.9 Å². The van der Waals surface area contributed by atoms with E-state index in [1.54, 1.807) is 24.3 Å². The Labute approximate surface area is 152 Å². The largest absolute Gasteiger partial charge is 0.322 e. The number of hydrogen-bond acceptors (Lipinski definition) is 4. The molecule has 0 saturated heterocycles. The van der Waals surface area contributed by atoms with Gasteiger partial charge in [-0.05, 0) is 29.8 Å². The van der Waals surface area contributed by atoms with E-state index in [0.717, 1.165) is 12.3 Å². The fraction of sp³-hybridized carbons (Fsp3) is 0.0588. The highest BCUT2D eigenvalue weighted by Crippen LogP contribution is 2.21. The van der Waals surface area contributed by atoms with Crippen molar-refractivity contribution in [2.24, 2.45) is 0 Å². The second kappa shape index (κ2) is 7.32. The van der Waals surface area contributed by atoms with Crippen LogP contribution < -0.4 is 5.32 Å². The average Bonchev–Trinajstić information content (AvgIpc) is 3.07. The van der Waals surface area contributed by atoms with Crippen LogP contribution in [0.15, 0.2) is 54.9 Å². The molecule has 132 valence electrons. The number of nitro groups is 1. The first-order valence-corrected chi connectivity index (χ1v) is 7.83. The van der Waals surface area contributed by atoms with Crippen molar-refractivity contribution < 1.29 is 14.1 Å². The van der Waals surface area contributed by atoms with E-state index in [9.17, 15) is 19.3 Å². The molecule has 1 N–H and O–H groups in total. The number of anilines is 1. The maximum Gasteiger partial charge on any atom is 0.307 e. The normalized spacial score (nSPS) is 10.5. The summed E-state index contributed by atoms with van der Waals surface area (Å²) < 4.78 is 14.6. The van der Waals surface area contributed by atoms with Crippen LogP contribution in [-0.4, -0.2) is 20.6 Å². The fourth-order valence-electron chi connectivity index (χ4n) is 2.36. The minimum absolute atomic E-state index is 0.0973. The Balaban J connectivity index is 1.82. The summed E-state index contributed by atoms with van der Waals surface area (Å²) in [6, 6.07) is 10.7. The summed E-state index contributed by atoms with van der Waals surface area (Å²) in [6.07, 6.45) is 2.43. The van der Waals surface area contributed by atoms with Crippen molar-refractivity contribution in [1.29, 1.82) is 0 Å². The van der Waals surface area contributed by atoms with Crippen molar-refractivity contribution in [3.8, 4) is 0 Å². The Morgan fingerprint density at radius 1 is 1.31 bits per heavy atom. The summed E-state index contributed by atoms with van der Waals surface area (Å²) in [6.45, 7) is 0.182. The van der Waals surface area contributed by atoms with Crippen LogP contribution in [0.4, 0.5) is 15.8 Å². The first-order valence-electron chi connectivity index (χ1n) is 7.45. The third-order valence-electron chi connectivity index (χ3n) is 3.60. The predicted molar refractivity (Wildman–Crippen MR) is 93.8 cm³/mol. The quantitative estimate of drug-likeness (QED) is 0.542. The van der Waals surface area contributed by atoms with Gasteiger partial charge in [-0.15, -0.1) is 0 Å². The number of halogens is 2. The van der Waals surface area contributed by atoms with Crippen LogP contribution in [0.25, 0.3) is 0 Å². The molecule has 2 aromatic carbocycles. The molecule has 0 unspecified atom stereocenters. The molecular weight excluding hydrogens is 363 g/mol. The summed E-state index contributed by atoms with van der Waals surface area (Å²) in [5.74, 6) is -0.990. The smallest absolute Gasteiger partial charge is 0.307 e. The van der Waals surface area contributed by atoms with E-state index in [1.165, 1.54) is 23.0 Å². The van der Waals surface area contributed by atoms with Gasteiger partial charge in [0.15, 0.2) is 0 Å². The fourth-order valence-corrected chi connectivity index (χ4v) is 2.54. The molecule has 1 heterocycles. The van der Waals surface area contributed by atoms with Crippen LogP contribution in [0.3, 0.4) is 0 Å². The molecule has 0 spiro atoms. The van der Waals surface area contributed by atoms with Gasteiger partial charge < -0.3 is 5.32 Å². The van der Waals surface area contributed by atoms with Crippen LogP contribution in [-0.2, 0) is 6.54 Å². The van der Waals surface area contributed by atoms with E-state index in [4.69, 9.17) is 11.6 Å². The lowest BCUT2D eigenvalue weighted by molar-refractivity contribution is -0.385. The third-order valence-corrected chi connectivity index (χ3v) is 3.89. The Hall–Kier alpha value is -3.26. The molecule has 26 heavy (non-hydrogen) atoms. The maximum atomic E-state index is 13.2. The zero-order chi connectivity index (χ0) is 18.7. The summed E-state index contributed by atoms with van der Waals surface area (Å²) in [4.78, 5) is 22.8. The molecular formula is C17H12ClFN4O3. The second-order valence-electron chi connectivity index (χ2n) is 5.39. The predicted octanol–water partition coefficient (Wildman–Crippen LogP) is 3.88. The van der Waals surface area contributed by atoms with Gasteiger partial charge in [0.05, 0.1) is 16.5 Å². The summed E-state index contributed by atoms with van der Waals surface area (Å²) in [5.41, 5.74) is 1.21. The summed E-state index contributed by atoms with van der Waals surface area (Å²) >= 11 is 5.72. The number of aromatic nitrogens is 2. The molecule has 0 aliphatic rings. The van der Waals surface area contributed by atoms with Gasteiger partial charge in [0, 0.05) is 11.3 Å². The van der Waals surface area contributed by atoms with E-state index in [-0.39, 0.29) is 17.3 Å². The summed E-state index contributed by atoms with van der Waals surface area (Å²) in [7, 11) is 0. The lowest BCUT2D eigenvalue weighted by atomic mass is 10.1. The molecule has 3 rings (SSSR count). The minimum Gasteiger partial charge on any atom is -0.322 e. The Bertz CT molecular complexity index is 990. The zero-order valence-electron chi connectivity index (χ0n) is 13.2. The Morgan fingerprint density at radius 2 is 2.08 bits per heavy atom. The Kier molecular flexibility index (Phi) is 4.94. The van der Waals surface area contributed by atoms with Crippen molar-refractivity contribution in [2.75, 3.05) is 5.32 Å².